The van der Waals surface area contributed by atoms with Gasteiger partial charge in [-0.1, -0.05) is 6.92 Å². The van der Waals surface area contributed by atoms with Gasteiger partial charge in [0.2, 0.25) is 0 Å². The number of rotatable bonds is 5. The lowest BCUT2D eigenvalue weighted by Crippen LogP contribution is -2.20. The van der Waals surface area contributed by atoms with Gasteiger partial charge in [-0.15, -0.1) is 0 Å². The summed E-state index contributed by atoms with van der Waals surface area (Å²) in [6.45, 7) is 4.51. The predicted octanol–water partition coefficient (Wildman–Crippen LogP) is 0.856. The van der Waals surface area contributed by atoms with Gasteiger partial charge in [0.25, 0.3) is 0 Å². The molecule has 0 aliphatic heterocycles. The molecule has 5 nitrogen and oxygen atoms in total. The Bertz CT molecular complexity index is 322. The van der Waals surface area contributed by atoms with Gasteiger partial charge in [-0.2, -0.15) is 0 Å². The smallest absolute Gasteiger partial charge is 0.329 e. The van der Waals surface area contributed by atoms with Crippen molar-refractivity contribution in [2.24, 2.45) is 5.73 Å². The Kier molecular flexibility index (Phi) is 4.30. The highest BCUT2D eigenvalue weighted by Gasteiger charge is 2.19. The molecule has 1 atom stereocenters. The monoisotopic (exact) mass is 211 g/mol. The summed E-state index contributed by atoms with van der Waals surface area (Å²) in [6.07, 6.45) is 4.08. The van der Waals surface area contributed by atoms with Crippen LogP contribution in [-0.2, 0) is 16.1 Å². The second-order valence-electron chi connectivity index (χ2n) is 3.19. The van der Waals surface area contributed by atoms with Crippen LogP contribution in [0.1, 0.15) is 32.0 Å². The maximum Gasteiger partial charge on any atom is 0.329 e. The molecule has 1 unspecified atom stereocenters. The Morgan fingerprint density at radius 2 is 2.40 bits per heavy atom. The predicted molar refractivity (Wildman–Crippen MR) is 56.1 cm³/mol. The van der Waals surface area contributed by atoms with Gasteiger partial charge in [0.1, 0.15) is 6.04 Å². The first-order valence-electron chi connectivity index (χ1n) is 5.11. The minimum absolute atomic E-state index is 0.221. The van der Waals surface area contributed by atoms with Crippen LogP contribution < -0.4 is 5.73 Å². The Morgan fingerprint density at radius 3 is 2.87 bits per heavy atom. The van der Waals surface area contributed by atoms with E-state index in [4.69, 9.17) is 10.5 Å². The normalized spacial score (nSPS) is 12.5. The van der Waals surface area contributed by atoms with Crippen LogP contribution in [-0.4, -0.2) is 22.1 Å². The van der Waals surface area contributed by atoms with E-state index in [1.807, 2.05) is 6.92 Å². The van der Waals surface area contributed by atoms with E-state index in [1.54, 1.807) is 24.0 Å². The van der Waals surface area contributed by atoms with Gasteiger partial charge in [-0.05, 0) is 13.3 Å². The lowest BCUT2D eigenvalue weighted by atomic mass is 10.2. The third kappa shape index (κ3) is 2.79. The first-order valence-corrected chi connectivity index (χ1v) is 5.11. The van der Waals surface area contributed by atoms with Crippen LogP contribution in [0.2, 0.25) is 0 Å². The fraction of sp³-hybridized carbons (Fsp3) is 0.600. The van der Waals surface area contributed by atoms with Gasteiger partial charge in [0.15, 0.2) is 0 Å². The van der Waals surface area contributed by atoms with Crippen molar-refractivity contribution in [2.45, 2.75) is 32.9 Å². The number of hydrogen-bond donors (Lipinski definition) is 1. The van der Waals surface area contributed by atoms with E-state index in [2.05, 4.69) is 4.98 Å². The maximum absolute atomic E-state index is 11.6. The second kappa shape index (κ2) is 5.50. The molecule has 0 aliphatic rings. The fourth-order valence-electron chi connectivity index (χ4n) is 1.39. The number of nitrogens with two attached hydrogens (primary N) is 1. The lowest BCUT2D eigenvalue weighted by molar-refractivity contribution is -0.147. The van der Waals surface area contributed by atoms with E-state index in [0.29, 0.717) is 19.6 Å². The van der Waals surface area contributed by atoms with Gasteiger partial charge < -0.3 is 15.0 Å². The van der Waals surface area contributed by atoms with Gasteiger partial charge >= 0.3 is 5.97 Å². The molecule has 0 bridgehead atoms. The third-order valence-electron chi connectivity index (χ3n) is 2.17. The number of ether oxygens (including phenoxy) is 1. The number of hydrogen-bond acceptors (Lipinski definition) is 4. The lowest BCUT2D eigenvalue weighted by Gasteiger charge is -2.14. The molecular formula is C10H17N3O2. The molecule has 1 heterocycles. The molecule has 1 aromatic heterocycles. The molecule has 0 aromatic carbocycles. The molecule has 0 saturated carbocycles. The number of carbonyl (C=O) groups excluding carboxylic acids is 1. The quantitative estimate of drug-likeness (QED) is 0.733. The Labute approximate surface area is 89.2 Å². The van der Waals surface area contributed by atoms with Gasteiger partial charge in [-0.3, -0.25) is 0 Å². The van der Waals surface area contributed by atoms with Crippen molar-refractivity contribution in [3.05, 3.63) is 18.2 Å². The van der Waals surface area contributed by atoms with Crippen LogP contribution in [0.5, 0.6) is 0 Å². The number of carbonyl (C=O) groups is 1. The summed E-state index contributed by atoms with van der Waals surface area (Å²) in [4.78, 5) is 15.6. The summed E-state index contributed by atoms with van der Waals surface area (Å²) < 4.78 is 6.72. The van der Waals surface area contributed by atoms with Gasteiger partial charge in [0, 0.05) is 12.7 Å². The third-order valence-corrected chi connectivity index (χ3v) is 2.17. The molecule has 2 N–H and O–H groups in total. The van der Waals surface area contributed by atoms with E-state index in [9.17, 15) is 4.79 Å². The standard InChI is InChI=1S/C10H17N3O2/c1-3-9(10(14)15-4-2)13-6-8(5-11)12-7-13/h6-7,9H,3-5,11H2,1-2H3. The SMILES string of the molecule is CCOC(=O)C(CC)n1cnc(CN)c1. The zero-order valence-corrected chi connectivity index (χ0v) is 9.14. The molecule has 0 fully saturated rings. The summed E-state index contributed by atoms with van der Waals surface area (Å²) >= 11 is 0. The minimum Gasteiger partial charge on any atom is -0.464 e. The summed E-state index contributed by atoms with van der Waals surface area (Å²) in [5.41, 5.74) is 6.22. The molecule has 0 radical (unpaired) electrons. The summed E-state index contributed by atoms with van der Waals surface area (Å²) in [7, 11) is 0. The number of imidazole rings is 1. The summed E-state index contributed by atoms with van der Waals surface area (Å²) in [5.74, 6) is -0.221. The van der Waals surface area contributed by atoms with Crippen LogP contribution >= 0.6 is 0 Å². The van der Waals surface area contributed by atoms with E-state index in [0.717, 1.165) is 5.69 Å². The maximum atomic E-state index is 11.6. The molecule has 1 aromatic rings. The first kappa shape index (κ1) is 11.7. The zero-order valence-electron chi connectivity index (χ0n) is 9.14. The van der Waals surface area contributed by atoms with E-state index < -0.39 is 0 Å². The number of aromatic nitrogens is 2. The van der Waals surface area contributed by atoms with Crippen molar-refractivity contribution >= 4 is 5.97 Å². The van der Waals surface area contributed by atoms with Crippen LogP contribution in [0.4, 0.5) is 0 Å². The molecule has 0 amide bonds. The highest BCUT2D eigenvalue weighted by molar-refractivity contribution is 5.74. The molecule has 0 saturated heterocycles. The molecular weight excluding hydrogens is 194 g/mol. The van der Waals surface area contributed by atoms with Crippen molar-refractivity contribution in [3.8, 4) is 0 Å². The number of esters is 1. The van der Waals surface area contributed by atoms with Crippen LogP contribution in [0.3, 0.4) is 0 Å². The average molecular weight is 211 g/mol. The van der Waals surface area contributed by atoms with Crippen LogP contribution in [0.15, 0.2) is 12.5 Å². The summed E-state index contributed by atoms with van der Waals surface area (Å²) in [6, 6.07) is -0.294. The highest BCUT2D eigenvalue weighted by Crippen LogP contribution is 2.13. The molecule has 15 heavy (non-hydrogen) atoms. The first-order chi connectivity index (χ1) is 7.22. The topological polar surface area (TPSA) is 70.1 Å². The second-order valence-corrected chi connectivity index (χ2v) is 3.19. The highest BCUT2D eigenvalue weighted by atomic mass is 16.5. The van der Waals surface area contributed by atoms with Crippen molar-refractivity contribution in [2.75, 3.05) is 6.61 Å². The van der Waals surface area contributed by atoms with Gasteiger partial charge in [0.05, 0.1) is 18.6 Å². The van der Waals surface area contributed by atoms with E-state index >= 15 is 0 Å². The Morgan fingerprint density at radius 1 is 1.67 bits per heavy atom. The van der Waals surface area contributed by atoms with Crippen LogP contribution in [0.25, 0.3) is 0 Å². The molecule has 84 valence electrons. The molecule has 5 heteroatoms. The van der Waals surface area contributed by atoms with Crippen molar-refractivity contribution in [1.29, 1.82) is 0 Å². The Balaban J connectivity index is 2.77. The number of nitrogens with zero attached hydrogens (tertiary/aromatic N) is 2. The molecule has 0 spiro atoms. The molecule has 1 rings (SSSR count). The minimum atomic E-state index is -0.294. The molecule has 0 aliphatic carbocycles. The summed E-state index contributed by atoms with van der Waals surface area (Å²) in [5, 5.41) is 0. The van der Waals surface area contributed by atoms with Crippen molar-refractivity contribution in [3.63, 3.8) is 0 Å². The fourth-order valence-corrected chi connectivity index (χ4v) is 1.39. The largest absolute Gasteiger partial charge is 0.464 e. The average Bonchev–Trinajstić information content (AvgIpc) is 2.68. The van der Waals surface area contributed by atoms with Crippen molar-refractivity contribution < 1.29 is 9.53 Å². The van der Waals surface area contributed by atoms with Crippen molar-refractivity contribution in [1.82, 2.24) is 9.55 Å². The Hall–Kier alpha value is -1.36. The van der Waals surface area contributed by atoms with E-state index in [1.165, 1.54) is 0 Å². The van der Waals surface area contributed by atoms with Crippen LogP contribution in [0, 0.1) is 0 Å². The van der Waals surface area contributed by atoms with Gasteiger partial charge in [-0.25, -0.2) is 9.78 Å². The van der Waals surface area contributed by atoms with E-state index in [-0.39, 0.29) is 12.0 Å². The zero-order chi connectivity index (χ0) is 11.3.